The molecule has 6 heteroatoms. The number of rotatable bonds is 5. The minimum Gasteiger partial charge on any atom is -0.497 e. The Kier molecular flexibility index (Phi) is 4.96. The number of fused-ring (bicyclic) bond motifs is 1. The van der Waals surface area contributed by atoms with Crippen LogP contribution in [0.25, 0.3) is 11.1 Å². The Bertz CT molecular complexity index is 879. The van der Waals surface area contributed by atoms with Crippen LogP contribution in [0.3, 0.4) is 0 Å². The Hall–Kier alpha value is -3.02. The lowest BCUT2D eigenvalue weighted by Gasteiger charge is -2.30. The molecule has 2 aromatic carbocycles. The molecule has 2 heterocycles. The average molecular weight is 365 g/mol. The summed E-state index contributed by atoms with van der Waals surface area (Å²) in [5, 5.41) is 3.04. The number of hydrogen-bond acceptors (Lipinski definition) is 5. The SMILES string of the molecule is COc1ccc(C(=O)NCC2CCN(c3nc4ccccc4o3)CC2)cc1. The van der Waals surface area contributed by atoms with Crippen molar-refractivity contribution < 1.29 is 13.9 Å². The van der Waals surface area contributed by atoms with Crippen molar-refractivity contribution in [2.75, 3.05) is 31.6 Å². The average Bonchev–Trinajstić information content (AvgIpc) is 3.17. The largest absolute Gasteiger partial charge is 0.497 e. The molecule has 140 valence electrons. The molecule has 1 aliphatic rings. The van der Waals surface area contributed by atoms with E-state index in [0.717, 1.165) is 42.8 Å². The topological polar surface area (TPSA) is 67.6 Å². The molecule has 1 aromatic heterocycles. The molecule has 4 rings (SSSR count). The van der Waals surface area contributed by atoms with Crippen LogP contribution in [-0.2, 0) is 0 Å². The smallest absolute Gasteiger partial charge is 0.298 e. The first-order valence-electron chi connectivity index (χ1n) is 9.26. The van der Waals surface area contributed by atoms with E-state index in [0.29, 0.717) is 24.0 Å². The molecule has 1 fully saturated rings. The molecule has 3 aromatic rings. The number of benzene rings is 2. The molecule has 27 heavy (non-hydrogen) atoms. The van der Waals surface area contributed by atoms with Crippen molar-refractivity contribution in [3.63, 3.8) is 0 Å². The standard InChI is InChI=1S/C21H23N3O3/c1-26-17-8-6-16(7-9-17)20(25)22-14-15-10-12-24(13-11-15)21-23-18-4-2-3-5-19(18)27-21/h2-9,15H,10-14H2,1H3,(H,22,25). The predicted molar refractivity (Wildman–Crippen MR) is 104 cm³/mol. The van der Waals surface area contributed by atoms with E-state index in [9.17, 15) is 4.79 Å². The van der Waals surface area contributed by atoms with E-state index >= 15 is 0 Å². The molecule has 0 saturated carbocycles. The molecular formula is C21H23N3O3. The van der Waals surface area contributed by atoms with E-state index in [1.54, 1.807) is 31.4 Å². The molecule has 0 atom stereocenters. The zero-order valence-electron chi connectivity index (χ0n) is 15.4. The van der Waals surface area contributed by atoms with Crippen molar-refractivity contribution in [2.45, 2.75) is 12.8 Å². The van der Waals surface area contributed by atoms with Gasteiger partial charge in [-0.25, -0.2) is 0 Å². The van der Waals surface area contributed by atoms with Crippen molar-refractivity contribution in [3.05, 3.63) is 54.1 Å². The highest BCUT2D eigenvalue weighted by atomic mass is 16.5. The number of nitrogens with one attached hydrogen (secondary N) is 1. The second kappa shape index (κ2) is 7.70. The van der Waals surface area contributed by atoms with Gasteiger partial charge in [-0.2, -0.15) is 4.98 Å². The summed E-state index contributed by atoms with van der Waals surface area (Å²) in [4.78, 5) is 19.0. The van der Waals surface area contributed by atoms with Crippen LogP contribution in [0.2, 0.25) is 0 Å². The van der Waals surface area contributed by atoms with Gasteiger partial charge in [-0.1, -0.05) is 12.1 Å². The zero-order chi connectivity index (χ0) is 18.6. The molecule has 0 spiro atoms. The number of carbonyl (C=O) groups is 1. The summed E-state index contributed by atoms with van der Waals surface area (Å²) in [5.74, 6) is 1.17. The van der Waals surface area contributed by atoms with Gasteiger partial charge in [-0.3, -0.25) is 4.79 Å². The molecule has 1 aliphatic heterocycles. The van der Waals surface area contributed by atoms with Crippen molar-refractivity contribution in [3.8, 4) is 5.75 Å². The number of ether oxygens (including phenoxy) is 1. The van der Waals surface area contributed by atoms with Gasteiger partial charge >= 0.3 is 0 Å². The van der Waals surface area contributed by atoms with Crippen LogP contribution in [0.5, 0.6) is 5.75 Å². The predicted octanol–water partition coefficient (Wildman–Crippen LogP) is 3.48. The van der Waals surface area contributed by atoms with Crippen molar-refractivity contribution >= 4 is 23.0 Å². The van der Waals surface area contributed by atoms with Crippen molar-refractivity contribution in [1.82, 2.24) is 10.3 Å². The minimum atomic E-state index is -0.0426. The van der Waals surface area contributed by atoms with E-state index in [4.69, 9.17) is 9.15 Å². The number of nitrogens with zero attached hydrogens (tertiary/aromatic N) is 2. The second-order valence-electron chi connectivity index (χ2n) is 6.83. The lowest BCUT2D eigenvalue weighted by Crippen LogP contribution is -2.38. The highest BCUT2D eigenvalue weighted by Crippen LogP contribution is 2.26. The Morgan fingerprint density at radius 2 is 1.93 bits per heavy atom. The first kappa shape index (κ1) is 17.4. The summed E-state index contributed by atoms with van der Waals surface area (Å²) < 4.78 is 11.0. The molecule has 6 nitrogen and oxygen atoms in total. The second-order valence-corrected chi connectivity index (χ2v) is 6.83. The first-order valence-corrected chi connectivity index (χ1v) is 9.26. The van der Waals surface area contributed by atoms with Gasteiger partial charge in [-0.15, -0.1) is 0 Å². The van der Waals surface area contributed by atoms with Gasteiger partial charge in [-0.05, 0) is 55.2 Å². The maximum atomic E-state index is 12.3. The van der Waals surface area contributed by atoms with Crippen molar-refractivity contribution in [1.29, 1.82) is 0 Å². The summed E-state index contributed by atoms with van der Waals surface area (Å²) in [6.07, 6.45) is 2.00. The highest BCUT2D eigenvalue weighted by molar-refractivity contribution is 5.94. The molecule has 0 bridgehead atoms. The van der Waals surface area contributed by atoms with Gasteiger partial charge in [0.15, 0.2) is 5.58 Å². The summed E-state index contributed by atoms with van der Waals surface area (Å²) >= 11 is 0. The number of piperidine rings is 1. The lowest BCUT2D eigenvalue weighted by molar-refractivity contribution is 0.0944. The Morgan fingerprint density at radius 1 is 1.19 bits per heavy atom. The van der Waals surface area contributed by atoms with Crippen LogP contribution >= 0.6 is 0 Å². The fourth-order valence-corrected chi connectivity index (χ4v) is 3.41. The molecule has 0 aliphatic carbocycles. The number of hydrogen-bond donors (Lipinski definition) is 1. The number of methoxy groups -OCH3 is 1. The van der Waals surface area contributed by atoms with Crippen molar-refractivity contribution in [2.24, 2.45) is 5.92 Å². The van der Waals surface area contributed by atoms with E-state index < -0.39 is 0 Å². The normalized spacial score (nSPS) is 15.1. The van der Waals surface area contributed by atoms with Gasteiger partial charge in [0, 0.05) is 25.2 Å². The maximum Gasteiger partial charge on any atom is 0.298 e. The summed E-state index contributed by atoms with van der Waals surface area (Å²) in [6, 6.07) is 15.7. The van der Waals surface area contributed by atoms with Gasteiger partial charge in [0.05, 0.1) is 7.11 Å². The number of para-hydroxylation sites is 2. The van der Waals surface area contributed by atoms with Crippen LogP contribution < -0.4 is 15.0 Å². The minimum absolute atomic E-state index is 0.0426. The van der Waals surface area contributed by atoms with Crippen LogP contribution in [0.1, 0.15) is 23.2 Å². The lowest BCUT2D eigenvalue weighted by atomic mass is 9.97. The zero-order valence-corrected chi connectivity index (χ0v) is 15.4. The van der Waals surface area contributed by atoms with Gasteiger partial charge in [0.25, 0.3) is 11.9 Å². The molecule has 1 amide bonds. The summed E-state index contributed by atoms with van der Waals surface area (Å²) in [6.45, 7) is 2.46. The van der Waals surface area contributed by atoms with Crippen LogP contribution in [0.4, 0.5) is 6.01 Å². The number of carbonyl (C=O) groups excluding carboxylic acids is 1. The number of amides is 1. The molecule has 0 unspecified atom stereocenters. The fourth-order valence-electron chi connectivity index (χ4n) is 3.41. The Morgan fingerprint density at radius 3 is 2.63 bits per heavy atom. The third-order valence-corrected chi connectivity index (χ3v) is 5.07. The van der Waals surface area contributed by atoms with E-state index in [-0.39, 0.29) is 5.91 Å². The van der Waals surface area contributed by atoms with E-state index in [1.165, 1.54) is 0 Å². The van der Waals surface area contributed by atoms with Crippen LogP contribution in [0, 0.1) is 5.92 Å². The quantitative estimate of drug-likeness (QED) is 0.750. The molecule has 1 N–H and O–H groups in total. The molecular weight excluding hydrogens is 342 g/mol. The number of oxazole rings is 1. The first-order chi connectivity index (χ1) is 13.2. The van der Waals surface area contributed by atoms with Crippen LogP contribution in [0.15, 0.2) is 52.9 Å². The van der Waals surface area contributed by atoms with Gasteiger partial charge < -0.3 is 19.4 Å². The van der Waals surface area contributed by atoms with Gasteiger partial charge in [0.1, 0.15) is 11.3 Å². The molecule has 1 saturated heterocycles. The monoisotopic (exact) mass is 365 g/mol. The number of anilines is 1. The number of aromatic nitrogens is 1. The van der Waals surface area contributed by atoms with Crippen LogP contribution in [-0.4, -0.2) is 37.6 Å². The fraction of sp³-hybridized carbons (Fsp3) is 0.333. The summed E-state index contributed by atoms with van der Waals surface area (Å²) in [5.41, 5.74) is 2.36. The van der Waals surface area contributed by atoms with Gasteiger partial charge in [0.2, 0.25) is 0 Å². The Labute approximate surface area is 158 Å². The third-order valence-electron chi connectivity index (χ3n) is 5.07. The summed E-state index contributed by atoms with van der Waals surface area (Å²) in [7, 11) is 1.61. The van der Waals surface area contributed by atoms with E-state index in [1.807, 2.05) is 24.3 Å². The Balaban J connectivity index is 1.28. The highest BCUT2D eigenvalue weighted by Gasteiger charge is 2.23. The molecule has 0 radical (unpaired) electrons. The maximum absolute atomic E-state index is 12.3. The third kappa shape index (κ3) is 3.89. The van der Waals surface area contributed by atoms with E-state index in [2.05, 4.69) is 15.2 Å².